The molecule has 1 aliphatic rings. The van der Waals surface area contributed by atoms with Gasteiger partial charge in [0.2, 0.25) is 0 Å². The standard InChI is InChI=1S/C21H22FN3O/c1-24-11-13-25(14-12-24)20(16-4-7-17(22)8-5-16)18-9-6-15-3-2-10-23-19(15)21(18)26/h2-10,20,26H,11-14H2,1H3. The SMILES string of the molecule is CN1CCN(C(c2ccc(F)cc2)c2ccc3cccnc3c2O)CC1. The van der Waals surface area contributed by atoms with Crippen LogP contribution in [-0.4, -0.2) is 53.1 Å². The number of halogens is 1. The van der Waals surface area contributed by atoms with Crippen LogP contribution in [0.15, 0.2) is 54.7 Å². The van der Waals surface area contributed by atoms with Gasteiger partial charge in [-0.1, -0.05) is 30.3 Å². The molecule has 1 aliphatic heterocycles. The lowest BCUT2D eigenvalue weighted by atomic mass is 9.94. The third-order valence-corrected chi connectivity index (χ3v) is 5.16. The maximum Gasteiger partial charge on any atom is 0.146 e. The number of likely N-dealkylation sites (N-methyl/N-ethyl adjacent to an activating group) is 1. The Kier molecular flexibility index (Phi) is 4.57. The quantitative estimate of drug-likeness (QED) is 0.785. The first kappa shape index (κ1) is 16.9. The van der Waals surface area contributed by atoms with Crippen LogP contribution in [0.5, 0.6) is 5.75 Å². The second-order valence-corrected chi connectivity index (χ2v) is 6.87. The molecular formula is C21H22FN3O. The number of phenolic OH excluding ortho intramolecular Hbond substituents is 1. The zero-order chi connectivity index (χ0) is 18.1. The van der Waals surface area contributed by atoms with E-state index in [2.05, 4.69) is 21.8 Å². The highest BCUT2D eigenvalue weighted by Gasteiger charge is 2.28. The Morgan fingerprint density at radius 3 is 2.46 bits per heavy atom. The molecule has 1 saturated heterocycles. The molecular weight excluding hydrogens is 329 g/mol. The Morgan fingerprint density at radius 1 is 1.00 bits per heavy atom. The van der Waals surface area contributed by atoms with Crippen LogP contribution in [0, 0.1) is 5.82 Å². The molecule has 1 atom stereocenters. The van der Waals surface area contributed by atoms with E-state index in [-0.39, 0.29) is 17.6 Å². The van der Waals surface area contributed by atoms with Crippen LogP contribution in [0.4, 0.5) is 4.39 Å². The molecule has 2 heterocycles. The molecule has 1 unspecified atom stereocenters. The first-order valence-electron chi connectivity index (χ1n) is 8.88. The molecule has 134 valence electrons. The van der Waals surface area contributed by atoms with Gasteiger partial charge in [0.1, 0.15) is 17.1 Å². The minimum atomic E-state index is -0.254. The number of aromatic hydroxyl groups is 1. The van der Waals surface area contributed by atoms with E-state index < -0.39 is 0 Å². The van der Waals surface area contributed by atoms with Crippen molar-refractivity contribution >= 4 is 10.9 Å². The Morgan fingerprint density at radius 2 is 1.73 bits per heavy atom. The smallest absolute Gasteiger partial charge is 0.146 e. The van der Waals surface area contributed by atoms with Crippen molar-refractivity contribution in [1.29, 1.82) is 0 Å². The topological polar surface area (TPSA) is 39.6 Å². The number of rotatable bonds is 3. The number of nitrogens with zero attached hydrogens (tertiary/aromatic N) is 3. The van der Waals surface area contributed by atoms with E-state index in [1.165, 1.54) is 12.1 Å². The van der Waals surface area contributed by atoms with Crippen molar-refractivity contribution in [3.8, 4) is 5.75 Å². The summed E-state index contributed by atoms with van der Waals surface area (Å²) < 4.78 is 13.5. The van der Waals surface area contributed by atoms with Crippen LogP contribution < -0.4 is 0 Å². The van der Waals surface area contributed by atoms with Gasteiger partial charge in [-0.2, -0.15) is 0 Å². The van der Waals surface area contributed by atoms with Gasteiger partial charge in [0.05, 0.1) is 6.04 Å². The van der Waals surface area contributed by atoms with Gasteiger partial charge in [0.25, 0.3) is 0 Å². The van der Waals surface area contributed by atoms with Gasteiger partial charge in [-0.3, -0.25) is 9.88 Å². The zero-order valence-electron chi connectivity index (χ0n) is 14.8. The maximum absolute atomic E-state index is 13.5. The van der Waals surface area contributed by atoms with Gasteiger partial charge < -0.3 is 10.0 Å². The van der Waals surface area contributed by atoms with Gasteiger partial charge in [-0.15, -0.1) is 0 Å². The molecule has 0 amide bonds. The first-order valence-corrected chi connectivity index (χ1v) is 8.88. The van der Waals surface area contributed by atoms with Crippen molar-refractivity contribution in [2.24, 2.45) is 0 Å². The van der Waals surface area contributed by atoms with Crippen LogP contribution in [0.2, 0.25) is 0 Å². The summed E-state index contributed by atoms with van der Waals surface area (Å²) in [4.78, 5) is 8.99. The molecule has 0 spiro atoms. The molecule has 1 fully saturated rings. The third-order valence-electron chi connectivity index (χ3n) is 5.16. The predicted molar refractivity (Wildman–Crippen MR) is 101 cm³/mol. The lowest BCUT2D eigenvalue weighted by Crippen LogP contribution is -2.46. The van der Waals surface area contributed by atoms with E-state index in [0.717, 1.165) is 42.7 Å². The Labute approximate surface area is 152 Å². The van der Waals surface area contributed by atoms with E-state index in [9.17, 15) is 9.50 Å². The van der Waals surface area contributed by atoms with E-state index in [0.29, 0.717) is 5.52 Å². The van der Waals surface area contributed by atoms with Crippen LogP contribution in [0.1, 0.15) is 17.2 Å². The first-order chi connectivity index (χ1) is 12.6. The molecule has 0 aliphatic carbocycles. The molecule has 26 heavy (non-hydrogen) atoms. The number of pyridine rings is 1. The number of hydrogen-bond donors (Lipinski definition) is 1. The molecule has 1 N–H and O–H groups in total. The number of phenols is 1. The summed E-state index contributed by atoms with van der Waals surface area (Å²) in [5.41, 5.74) is 2.39. The van der Waals surface area contributed by atoms with Gasteiger partial charge in [0.15, 0.2) is 0 Å². The van der Waals surface area contributed by atoms with Crippen molar-refractivity contribution in [3.05, 3.63) is 71.7 Å². The minimum absolute atomic E-state index is 0.129. The summed E-state index contributed by atoms with van der Waals surface area (Å²) in [7, 11) is 2.11. The summed E-state index contributed by atoms with van der Waals surface area (Å²) in [5.74, 6) is -0.0494. The Hall–Kier alpha value is -2.50. The molecule has 0 radical (unpaired) electrons. The summed E-state index contributed by atoms with van der Waals surface area (Å²) in [5, 5.41) is 11.9. The van der Waals surface area contributed by atoms with Crippen molar-refractivity contribution in [1.82, 2.24) is 14.8 Å². The second-order valence-electron chi connectivity index (χ2n) is 6.87. The van der Waals surface area contributed by atoms with E-state index >= 15 is 0 Å². The van der Waals surface area contributed by atoms with Crippen molar-refractivity contribution in [2.45, 2.75) is 6.04 Å². The fraction of sp³-hybridized carbons (Fsp3) is 0.286. The molecule has 0 bridgehead atoms. The van der Waals surface area contributed by atoms with Crippen LogP contribution in [0.3, 0.4) is 0 Å². The molecule has 0 saturated carbocycles. The Bertz CT molecular complexity index is 905. The van der Waals surface area contributed by atoms with E-state index in [4.69, 9.17) is 0 Å². The summed E-state index contributed by atoms with van der Waals surface area (Å²) in [6.07, 6.45) is 1.69. The number of fused-ring (bicyclic) bond motifs is 1. The average molecular weight is 351 g/mol. The third kappa shape index (κ3) is 3.16. The second kappa shape index (κ2) is 7.02. The molecule has 1 aromatic heterocycles. The molecule has 4 nitrogen and oxygen atoms in total. The molecule has 5 heteroatoms. The Balaban J connectivity index is 1.82. The van der Waals surface area contributed by atoms with Crippen molar-refractivity contribution < 1.29 is 9.50 Å². The minimum Gasteiger partial charge on any atom is -0.505 e. The normalized spacial score (nSPS) is 17.5. The van der Waals surface area contributed by atoms with Gasteiger partial charge >= 0.3 is 0 Å². The molecule has 4 rings (SSSR count). The van der Waals surface area contributed by atoms with Crippen LogP contribution in [-0.2, 0) is 0 Å². The van der Waals surface area contributed by atoms with Crippen molar-refractivity contribution in [2.75, 3.05) is 33.2 Å². The summed E-state index contributed by atoms with van der Waals surface area (Å²) >= 11 is 0. The highest BCUT2D eigenvalue weighted by molar-refractivity contribution is 5.85. The van der Waals surface area contributed by atoms with Crippen molar-refractivity contribution in [3.63, 3.8) is 0 Å². The summed E-state index contributed by atoms with van der Waals surface area (Å²) in [6.45, 7) is 3.70. The largest absolute Gasteiger partial charge is 0.505 e. The van der Waals surface area contributed by atoms with Gasteiger partial charge in [-0.25, -0.2) is 4.39 Å². The number of benzene rings is 2. The molecule has 2 aromatic carbocycles. The number of piperazine rings is 1. The van der Waals surface area contributed by atoms with Crippen LogP contribution >= 0.6 is 0 Å². The summed E-state index contributed by atoms with van der Waals surface area (Å²) in [6, 6.07) is 14.2. The highest BCUT2D eigenvalue weighted by Crippen LogP contribution is 2.38. The number of aromatic nitrogens is 1. The number of hydrogen-bond acceptors (Lipinski definition) is 4. The fourth-order valence-corrected chi connectivity index (χ4v) is 3.68. The van der Waals surface area contributed by atoms with Gasteiger partial charge in [-0.05, 0) is 30.8 Å². The lowest BCUT2D eigenvalue weighted by molar-refractivity contribution is 0.126. The fourth-order valence-electron chi connectivity index (χ4n) is 3.68. The highest BCUT2D eigenvalue weighted by atomic mass is 19.1. The molecule has 3 aromatic rings. The zero-order valence-corrected chi connectivity index (χ0v) is 14.8. The average Bonchev–Trinajstić information content (AvgIpc) is 2.67. The van der Waals surface area contributed by atoms with Gasteiger partial charge in [0, 0.05) is 43.3 Å². The monoisotopic (exact) mass is 351 g/mol. The lowest BCUT2D eigenvalue weighted by Gasteiger charge is -2.38. The van der Waals surface area contributed by atoms with E-state index in [1.807, 2.05) is 24.3 Å². The van der Waals surface area contributed by atoms with Crippen LogP contribution in [0.25, 0.3) is 10.9 Å². The predicted octanol–water partition coefficient (Wildman–Crippen LogP) is 3.42. The maximum atomic E-state index is 13.5. The van der Waals surface area contributed by atoms with E-state index in [1.54, 1.807) is 18.3 Å².